The van der Waals surface area contributed by atoms with Crippen LogP contribution in [0.15, 0.2) is 18.2 Å². The SMILES string of the molecule is CCCNC(=O)[C@@H](C)OC(=O)c1ccc(N2CCC[C@H](C)C2)c([N+](=O)[O-])c1. The largest absolute Gasteiger partial charge is 0.449 e. The van der Waals surface area contributed by atoms with Crippen LogP contribution in [-0.4, -0.2) is 42.5 Å². The zero-order chi connectivity index (χ0) is 20.0. The number of ether oxygens (including phenoxy) is 1. The number of carbonyl (C=O) groups excluding carboxylic acids is 2. The molecule has 148 valence electrons. The third kappa shape index (κ3) is 5.42. The first-order chi connectivity index (χ1) is 12.8. The summed E-state index contributed by atoms with van der Waals surface area (Å²) < 4.78 is 5.15. The molecular formula is C19H27N3O5. The molecular weight excluding hydrogens is 350 g/mol. The van der Waals surface area contributed by atoms with E-state index in [1.165, 1.54) is 19.1 Å². The number of anilines is 1. The molecule has 1 heterocycles. The number of hydrogen-bond acceptors (Lipinski definition) is 6. The fourth-order valence-electron chi connectivity index (χ4n) is 3.15. The molecule has 0 aliphatic carbocycles. The monoisotopic (exact) mass is 377 g/mol. The molecule has 0 radical (unpaired) electrons. The van der Waals surface area contributed by atoms with E-state index in [1.54, 1.807) is 6.07 Å². The summed E-state index contributed by atoms with van der Waals surface area (Å²) in [6, 6.07) is 4.34. The van der Waals surface area contributed by atoms with Gasteiger partial charge in [0.2, 0.25) is 0 Å². The van der Waals surface area contributed by atoms with Gasteiger partial charge in [-0.3, -0.25) is 14.9 Å². The summed E-state index contributed by atoms with van der Waals surface area (Å²) in [5, 5.41) is 14.2. The van der Waals surface area contributed by atoms with Crippen molar-refractivity contribution >= 4 is 23.3 Å². The fraction of sp³-hybridized carbons (Fsp3) is 0.579. The molecule has 8 nitrogen and oxygen atoms in total. The lowest BCUT2D eigenvalue weighted by atomic mass is 9.99. The quantitative estimate of drug-likeness (QED) is 0.445. The van der Waals surface area contributed by atoms with Gasteiger partial charge in [-0.2, -0.15) is 0 Å². The van der Waals surface area contributed by atoms with E-state index in [-0.39, 0.29) is 11.3 Å². The van der Waals surface area contributed by atoms with E-state index in [1.807, 2.05) is 11.8 Å². The third-order valence-corrected chi connectivity index (χ3v) is 4.61. The van der Waals surface area contributed by atoms with Crippen LogP contribution in [-0.2, 0) is 9.53 Å². The van der Waals surface area contributed by atoms with Crippen molar-refractivity contribution in [1.29, 1.82) is 0 Å². The molecule has 1 aromatic carbocycles. The Balaban J connectivity index is 2.16. The Morgan fingerprint density at radius 3 is 2.81 bits per heavy atom. The number of rotatable bonds is 7. The van der Waals surface area contributed by atoms with Crippen LogP contribution >= 0.6 is 0 Å². The van der Waals surface area contributed by atoms with Crippen molar-refractivity contribution < 1.29 is 19.2 Å². The topological polar surface area (TPSA) is 102 Å². The molecule has 2 atom stereocenters. The van der Waals surface area contributed by atoms with E-state index in [0.29, 0.717) is 18.2 Å². The number of piperidine rings is 1. The highest BCUT2D eigenvalue weighted by Gasteiger charge is 2.26. The van der Waals surface area contributed by atoms with Crippen molar-refractivity contribution in [2.75, 3.05) is 24.5 Å². The number of hydrogen-bond donors (Lipinski definition) is 1. The Hall–Kier alpha value is -2.64. The predicted molar refractivity (Wildman–Crippen MR) is 102 cm³/mol. The molecule has 0 spiro atoms. The van der Waals surface area contributed by atoms with Gasteiger partial charge in [0.15, 0.2) is 6.10 Å². The Bertz CT molecular complexity index is 707. The maximum absolute atomic E-state index is 12.3. The van der Waals surface area contributed by atoms with Gasteiger partial charge in [-0.15, -0.1) is 0 Å². The van der Waals surface area contributed by atoms with Crippen molar-refractivity contribution in [3.05, 3.63) is 33.9 Å². The van der Waals surface area contributed by atoms with Gasteiger partial charge in [-0.05, 0) is 44.2 Å². The summed E-state index contributed by atoms with van der Waals surface area (Å²) in [6.07, 6.45) is 1.89. The van der Waals surface area contributed by atoms with Gasteiger partial charge in [-0.1, -0.05) is 13.8 Å². The standard InChI is InChI=1S/C19H27N3O5/c1-4-9-20-18(23)14(3)27-19(24)15-7-8-16(17(11-15)22(25)26)21-10-5-6-13(2)12-21/h7-8,11,13-14H,4-6,9-10,12H2,1-3H3,(H,20,23)/t13-,14+/m0/s1. The van der Waals surface area contributed by atoms with Crippen LogP contribution in [0.4, 0.5) is 11.4 Å². The van der Waals surface area contributed by atoms with Crippen LogP contribution in [0.3, 0.4) is 0 Å². The first-order valence-corrected chi connectivity index (χ1v) is 9.35. The van der Waals surface area contributed by atoms with E-state index in [4.69, 9.17) is 4.74 Å². The number of nitro benzene ring substituents is 1. The van der Waals surface area contributed by atoms with Gasteiger partial charge in [0, 0.05) is 25.7 Å². The number of amides is 1. The van der Waals surface area contributed by atoms with Gasteiger partial charge in [0.05, 0.1) is 10.5 Å². The average molecular weight is 377 g/mol. The van der Waals surface area contributed by atoms with E-state index >= 15 is 0 Å². The molecule has 1 aliphatic heterocycles. The Kier molecular flexibility index (Phi) is 7.15. The Morgan fingerprint density at radius 1 is 1.44 bits per heavy atom. The molecule has 0 unspecified atom stereocenters. The van der Waals surface area contributed by atoms with Gasteiger partial charge < -0.3 is 15.0 Å². The predicted octanol–water partition coefficient (Wildman–Crippen LogP) is 2.90. The Labute approximate surface area is 159 Å². The molecule has 0 saturated carbocycles. The Morgan fingerprint density at radius 2 is 2.19 bits per heavy atom. The van der Waals surface area contributed by atoms with Crippen LogP contribution in [0.1, 0.15) is 50.4 Å². The van der Waals surface area contributed by atoms with Crippen LogP contribution in [0, 0.1) is 16.0 Å². The highest BCUT2D eigenvalue weighted by atomic mass is 16.6. The minimum Gasteiger partial charge on any atom is -0.449 e. The summed E-state index contributed by atoms with van der Waals surface area (Å²) in [7, 11) is 0. The second kappa shape index (κ2) is 9.34. The second-order valence-electron chi connectivity index (χ2n) is 6.99. The summed E-state index contributed by atoms with van der Waals surface area (Å²) in [5.74, 6) is -0.681. The maximum atomic E-state index is 12.3. The van der Waals surface area contributed by atoms with E-state index < -0.39 is 22.9 Å². The molecule has 27 heavy (non-hydrogen) atoms. The molecule has 1 aliphatic rings. The van der Waals surface area contributed by atoms with Gasteiger partial charge in [0.1, 0.15) is 5.69 Å². The summed E-state index contributed by atoms with van der Waals surface area (Å²) >= 11 is 0. The van der Waals surface area contributed by atoms with Gasteiger partial charge >= 0.3 is 5.97 Å². The minimum atomic E-state index is -0.967. The number of nitro groups is 1. The molecule has 0 aromatic heterocycles. The van der Waals surface area contributed by atoms with Crippen molar-refractivity contribution in [1.82, 2.24) is 5.32 Å². The first-order valence-electron chi connectivity index (χ1n) is 9.35. The number of benzene rings is 1. The van der Waals surface area contributed by atoms with Crippen molar-refractivity contribution in [2.45, 2.75) is 46.1 Å². The highest BCUT2D eigenvalue weighted by molar-refractivity contribution is 5.93. The molecule has 0 bridgehead atoms. The number of esters is 1. The average Bonchev–Trinajstić information content (AvgIpc) is 2.65. The highest BCUT2D eigenvalue weighted by Crippen LogP contribution is 2.32. The smallest absolute Gasteiger partial charge is 0.339 e. The molecule has 1 aromatic rings. The molecule has 1 saturated heterocycles. The lowest BCUT2D eigenvalue weighted by Crippen LogP contribution is -2.36. The normalized spacial score (nSPS) is 17.9. The lowest BCUT2D eigenvalue weighted by Gasteiger charge is -2.32. The minimum absolute atomic E-state index is 0.0608. The second-order valence-corrected chi connectivity index (χ2v) is 6.99. The van der Waals surface area contributed by atoms with Gasteiger partial charge in [0.25, 0.3) is 11.6 Å². The summed E-state index contributed by atoms with van der Waals surface area (Å²) in [5.41, 5.74) is 0.448. The number of nitrogens with one attached hydrogen (secondary N) is 1. The van der Waals surface area contributed by atoms with E-state index in [0.717, 1.165) is 32.4 Å². The summed E-state index contributed by atoms with van der Waals surface area (Å²) in [4.78, 5) is 37.2. The lowest BCUT2D eigenvalue weighted by molar-refractivity contribution is -0.384. The van der Waals surface area contributed by atoms with Crippen molar-refractivity contribution in [2.24, 2.45) is 5.92 Å². The van der Waals surface area contributed by atoms with Crippen LogP contribution in [0.25, 0.3) is 0 Å². The number of nitrogens with zero attached hydrogens (tertiary/aromatic N) is 2. The molecule has 1 amide bonds. The van der Waals surface area contributed by atoms with Crippen molar-refractivity contribution in [3.63, 3.8) is 0 Å². The van der Waals surface area contributed by atoms with Crippen LogP contribution in [0.5, 0.6) is 0 Å². The van der Waals surface area contributed by atoms with Gasteiger partial charge in [-0.25, -0.2) is 4.79 Å². The molecule has 1 N–H and O–H groups in total. The molecule has 8 heteroatoms. The zero-order valence-corrected chi connectivity index (χ0v) is 16.1. The van der Waals surface area contributed by atoms with Crippen LogP contribution in [0.2, 0.25) is 0 Å². The first kappa shape index (κ1) is 20.7. The molecule has 1 fully saturated rings. The fourth-order valence-corrected chi connectivity index (χ4v) is 3.15. The van der Waals surface area contributed by atoms with Crippen molar-refractivity contribution in [3.8, 4) is 0 Å². The third-order valence-electron chi connectivity index (χ3n) is 4.61. The number of carbonyl (C=O) groups is 2. The van der Waals surface area contributed by atoms with E-state index in [2.05, 4.69) is 12.2 Å². The van der Waals surface area contributed by atoms with Crippen LogP contribution < -0.4 is 10.2 Å². The summed E-state index contributed by atoms with van der Waals surface area (Å²) in [6.45, 7) is 7.51. The maximum Gasteiger partial charge on any atom is 0.339 e. The van der Waals surface area contributed by atoms with E-state index in [9.17, 15) is 19.7 Å². The molecule has 2 rings (SSSR count). The zero-order valence-electron chi connectivity index (χ0n) is 16.1.